The summed E-state index contributed by atoms with van der Waals surface area (Å²) in [6, 6.07) is 0. The van der Waals surface area contributed by atoms with Gasteiger partial charge in [0.2, 0.25) is 0 Å². The van der Waals surface area contributed by atoms with Gasteiger partial charge in [-0.25, -0.2) is 5.90 Å². The van der Waals surface area contributed by atoms with Crippen LogP contribution in [-0.4, -0.2) is 47.2 Å². The van der Waals surface area contributed by atoms with E-state index < -0.39 is 22.0 Å². The monoisotopic (exact) mass is 371 g/mol. The molecule has 7 nitrogen and oxygen atoms in total. The molecule has 0 aliphatic heterocycles. The van der Waals surface area contributed by atoms with Crippen molar-refractivity contribution in [2.24, 2.45) is 5.90 Å². The predicted octanol–water partition coefficient (Wildman–Crippen LogP) is 3.51. The molecule has 0 bridgehead atoms. The number of rotatable bonds is 12. The molecule has 0 rings (SSSR count). The van der Waals surface area contributed by atoms with Crippen LogP contribution in [-0.2, 0) is 27.6 Å². The summed E-state index contributed by atoms with van der Waals surface area (Å²) >= 11 is 0. The van der Waals surface area contributed by atoms with Crippen molar-refractivity contribution in [2.75, 3.05) is 32.8 Å². The Morgan fingerprint density at radius 3 is 2.00 bits per heavy atom. The van der Waals surface area contributed by atoms with Crippen LogP contribution in [0.5, 0.6) is 0 Å². The van der Waals surface area contributed by atoms with Crippen LogP contribution in [0.25, 0.3) is 0 Å². The molecule has 0 aliphatic carbocycles. The second kappa shape index (κ2) is 10.3. The van der Waals surface area contributed by atoms with E-state index in [2.05, 4.69) is 33.9 Å². The molecular weight excluding hydrogens is 337 g/mol. The Morgan fingerprint density at radius 2 is 1.61 bits per heavy atom. The average Bonchev–Trinajstić information content (AvgIpc) is 2.41. The minimum atomic E-state index is -3.21. The van der Waals surface area contributed by atoms with Crippen molar-refractivity contribution in [3.63, 3.8) is 0 Å². The van der Waals surface area contributed by atoms with Gasteiger partial charge in [0.05, 0.1) is 26.4 Å². The Morgan fingerprint density at radius 1 is 1.09 bits per heavy atom. The van der Waals surface area contributed by atoms with Crippen molar-refractivity contribution in [2.45, 2.75) is 58.9 Å². The average molecular weight is 371 g/mol. The lowest BCUT2D eigenvalue weighted by molar-refractivity contribution is -0.0358. The Bertz CT molecular complexity index is 365. The summed E-state index contributed by atoms with van der Waals surface area (Å²) in [6.45, 7) is 15.4. The van der Waals surface area contributed by atoms with Gasteiger partial charge in [-0.15, -0.1) is 0 Å². The van der Waals surface area contributed by atoms with Gasteiger partial charge in [-0.05, 0) is 32.0 Å². The summed E-state index contributed by atoms with van der Waals surface area (Å²) < 4.78 is 34.1. The van der Waals surface area contributed by atoms with E-state index in [1.165, 1.54) is 0 Å². The summed E-state index contributed by atoms with van der Waals surface area (Å²) in [6.07, 6.45) is -0.560. The zero-order valence-corrected chi connectivity index (χ0v) is 17.5. The van der Waals surface area contributed by atoms with Crippen molar-refractivity contribution in [3.8, 4) is 0 Å². The predicted molar refractivity (Wildman–Crippen MR) is 93.9 cm³/mol. The molecule has 0 spiro atoms. The van der Waals surface area contributed by atoms with E-state index in [1.807, 2.05) is 0 Å². The van der Waals surface area contributed by atoms with E-state index in [9.17, 15) is 4.57 Å². The highest BCUT2D eigenvalue weighted by molar-refractivity contribution is 7.53. The van der Waals surface area contributed by atoms with Crippen LogP contribution in [0.4, 0.5) is 0 Å². The van der Waals surface area contributed by atoms with E-state index >= 15 is 0 Å². The molecule has 140 valence electrons. The zero-order valence-electron chi connectivity index (χ0n) is 15.6. The minimum Gasteiger partial charge on any atom is -0.414 e. The number of ether oxygens (including phenoxy) is 1. The van der Waals surface area contributed by atoms with Crippen LogP contribution in [0.2, 0.25) is 18.1 Å². The molecule has 0 aromatic carbocycles. The lowest BCUT2D eigenvalue weighted by Gasteiger charge is -2.37. The third-order valence-electron chi connectivity index (χ3n) is 3.83. The molecule has 0 aliphatic rings. The molecule has 0 fully saturated rings. The van der Waals surface area contributed by atoms with E-state index in [1.54, 1.807) is 13.8 Å². The van der Waals surface area contributed by atoms with Crippen LogP contribution in [0.15, 0.2) is 0 Å². The fourth-order valence-electron chi connectivity index (χ4n) is 1.45. The fraction of sp³-hybridized carbons (Fsp3) is 1.00. The van der Waals surface area contributed by atoms with Gasteiger partial charge >= 0.3 is 7.60 Å². The smallest absolute Gasteiger partial charge is 0.356 e. The normalized spacial score (nSPS) is 15.0. The molecule has 2 N–H and O–H groups in total. The van der Waals surface area contributed by atoms with E-state index in [0.29, 0.717) is 19.8 Å². The molecule has 1 atom stereocenters. The second-order valence-electron chi connectivity index (χ2n) is 6.78. The van der Waals surface area contributed by atoms with Crippen molar-refractivity contribution in [1.29, 1.82) is 0 Å². The van der Waals surface area contributed by atoms with Gasteiger partial charge in [-0.2, -0.15) is 0 Å². The molecule has 23 heavy (non-hydrogen) atoms. The molecule has 0 saturated carbocycles. The van der Waals surface area contributed by atoms with Gasteiger partial charge in [-0.3, -0.25) is 9.40 Å². The van der Waals surface area contributed by atoms with Gasteiger partial charge < -0.3 is 18.2 Å². The van der Waals surface area contributed by atoms with Crippen molar-refractivity contribution < 1.29 is 27.6 Å². The molecule has 0 amide bonds. The lowest BCUT2D eigenvalue weighted by Crippen LogP contribution is -2.44. The van der Waals surface area contributed by atoms with Crippen LogP contribution < -0.4 is 5.90 Å². The Labute approximate surface area is 141 Å². The number of hydrogen-bond acceptors (Lipinski definition) is 7. The standard InChI is InChI=1S/C14H34NO6PSi/c1-8-18-22(16,19-9-2)12-17-10-13(21-15)11-20-23(6,7)14(3,4)5/h13H,8-12,15H2,1-7H3. The van der Waals surface area contributed by atoms with Crippen LogP contribution in [0.1, 0.15) is 34.6 Å². The first kappa shape index (κ1) is 23.2. The molecule has 0 radical (unpaired) electrons. The molecule has 0 aromatic heterocycles. The zero-order chi connectivity index (χ0) is 18.1. The maximum absolute atomic E-state index is 12.3. The third kappa shape index (κ3) is 8.74. The molecule has 9 heteroatoms. The van der Waals surface area contributed by atoms with Crippen LogP contribution in [0, 0.1) is 0 Å². The summed E-state index contributed by atoms with van der Waals surface area (Å²) in [5.41, 5.74) is 0. The molecular formula is C14H34NO6PSi. The van der Waals surface area contributed by atoms with Gasteiger partial charge in [0, 0.05) is 0 Å². The fourth-order valence-corrected chi connectivity index (χ4v) is 3.82. The summed E-state index contributed by atoms with van der Waals surface area (Å²) in [4.78, 5) is 4.89. The van der Waals surface area contributed by atoms with E-state index in [4.69, 9.17) is 28.9 Å². The van der Waals surface area contributed by atoms with E-state index in [-0.39, 0.29) is 18.0 Å². The summed E-state index contributed by atoms with van der Waals surface area (Å²) in [5.74, 6) is 5.30. The Balaban J connectivity index is 4.38. The van der Waals surface area contributed by atoms with Crippen molar-refractivity contribution in [3.05, 3.63) is 0 Å². The topological polar surface area (TPSA) is 89.2 Å². The quantitative estimate of drug-likeness (QED) is 0.319. The first-order valence-corrected chi connectivity index (χ1v) is 12.6. The van der Waals surface area contributed by atoms with Gasteiger partial charge in [0.1, 0.15) is 12.5 Å². The highest BCUT2D eigenvalue weighted by Crippen LogP contribution is 2.47. The molecule has 0 heterocycles. The molecule has 0 saturated heterocycles. The summed E-state index contributed by atoms with van der Waals surface area (Å²) in [7, 11) is -5.10. The third-order valence-corrected chi connectivity index (χ3v) is 10.1. The SMILES string of the molecule is CCOP(=O)(COCC(CO[Si](C)(C)C(C)(C)C)ON)OCC. The largest absolute Gasteiger partial charge is 0.414 e. The van der Waals surface area contributed by atoms with Crippen LogP contribution in [0.3, 0.4) is 0 Å². The highest BCUT2D eigenvalue weighted by atomic mass is 31.2. The van der Waals surface area contributed by atoms with Crippen molar-refractivity contribution in [1.82, 2.24) is 0 Å². The Kier molecular flexibility index (Phi) is 10.3. The number of hydrogen-bond donors (Lipinski definition) is 1. The second-order valence-corrected chi connectivity index (χ2v) is 13.6. The van der Waals surface area contributed by atoms with Crippen molar-refractivity contribution >= 4 is 15.9 Å². The van der Waals surface area contributed by atoms with Gasteiger partial charge in [0.15, 0.2) is 8.32 Å². The first-order valence-electron chi connectivity index (χ1n) is 7.96. The van der Waals surface area contributed by atoms with E-state index in [0.717, 1.165) is 0 Å². The minimum absolute atomic E-state index is 0.104. The lowest BCUT2D eigenvalue weighted by atomic mass is 10.2. The van der Waals surface area contributed by atoms with Gasteiger partial charge in [0.25, 0.3) is 0 Å². The first-order chi connectivity index (χ1) is 10.5. The number of nitrogens with two attached hydrogens (primary N) is 1. The van der Waals surface area contributed by atoms with Crippen LogP contribution >= 0.6 is 7.60 Å². The maximum atomic E-state index is 12.3. The highest BCUT2D eigenvalue weighted by Gasteiger charge is 2.37. The maximum Gasteiger partial charge on any atom is 0.356 e. The molecule has 0 aromatic rings. The summed E-state index contributed by atoms with van der Waals surface area (Å²) in [5, 5.41) is 0.104. The van der Waals surface area contributed by atoms with Gasteiger partial charge in [-0.1, -0.05) is 20.8 Å². The molecule has 1 unspecified atom stereocenters. The Hall–Kier alpha value is 0.207.